The monoisotopic (exact) mass is 519 g/mol. The molecule has 4 aromatic rings. The van der Waals surface area contributed by atoms with Crippen molar-refractivity contribution in [2.45, 2.75) is 32.8 Å². The maximum absolute atomic E-state index is 12.8. The highest BCUT2D eigenvalue weighted by Crippen LogP contribution is 2.29. The summed E-state index contributed by atoms with van der Waals surface area (Å²) in [6.07, 6.45) is -4.33. The molecule has 196 valence electrons. The fourth-order valence-corrected chi connectivity index (χ4v) is 4.05. The van der Waals surface area contributed by atoms with Crippen molar-refractivity contribution in [3.05, 3.63) is 131 Å². The Labute approximate surface area is 220 Å². The van der Waals surface area contributed by atoms with Gasteiger partial charge in [0.1, 0.15) is 25.4 Å². The third-order valence-corrected chi connectivity index (χ3v) is 6.27. The molecule has 0 heterocycles. The summed E-state index contributed by atoms with van der Waals surface area (Å²) in [6, 6.07) is 29.9. The van der Waals surface area contributed by atoms with Crippen LogP contribution in [0.2, 0.25) is 0 Å². The van der Waals surface area contributed by atoms with Gasteiger partial charge < -0.3 is 15.0 Å². The summed E-state index contributed by atoms with van der Waals surface area (Å²) in [6.45, 7) is 4.67. The van der Waals surface area contributed by atoms with E-state index in [1.807, 2.05) is 61.5 Å². The quantitative estimate of drug-likeness (QED) is 0.264. The molecule has 0 fully saturated rings. The molecule has 4 nitrogen and oxygen atoms in total. The minimum atomic E-state index is -4.33. The second-order valence-electron chi connectivity index (χ2n) is 9.10. The molecule has 1 amide bonds. The van der Waals surface area contributed by atoms with Crippen LogP contribution in [-0.2, 0) is 25.9 Å². The van der Waals surface area contributed by atoms with Crippen LogP contribution in [0.4, 0.5) is 18.9 Å². The van der Waals surface area contributed by atoms with Crippen LogP contribution in [0.1, 0.15) is 39.5 Å². The van der Waals surface area contributed by atoms with Gasteiger partial charge in [-0.1, -0.05) is 54.6 Å². The lowest BCUT2D eigenvalue weighted by atomic mass is 10.1. The van der Waals surface area contributed by atoms with Gasteiger partial charge >= 0.3 is 6.18 Å². The van der Waals surface area contributed by atoms with Gasteiger partial charge in [0, 0.05) is 22.4 Å². The first-order valence-corrected chi connectivity index (χ1v) is 12.5. The van der Waals surface area contributed by atoms with Crippen molar-refractivity contribution in [2.24, 2.45) is 0 Å². The minimum Gasteiger partial charge on any atom is -0.489 e. The number of halogens is 3. The predicted octanol–water partition coefficient (Wildman–Crippen LogP) is 6.14. The van der Waals surface area contributed by atoms with Gasteiger partial charge in [0.15, 0.2) is 0 Å². The fraction of sp³-hybridized carbons (Fsp3) is 0.194. The Morgan fingerprint density at radius 2 is 1.34 bits per heavy atom. The zero-order valence-electron chi connectivity index (χ0n) is 21.1. The van der Waals surface area contributed by atoms with Crippen LogP contribution in [-0.4, -0.2) is 12.5 Å². The number of hydrogen-bond donors (Lipinski definition) is 2. The molecule has 2 N–H and O–H groups in total. The number of nitrogens with one attached hydrogen (secondary N) is 2. The number of rotatable bonds is 10. The molecule has 4 rings (SSSR count). The molecule has 1 unspecified atom stereocenters. The Balaban J connectivity index is 1.28. The van der Waals surface area contributed by atoms with Gasteiger partial charge in [0.05, 0.1) is 12.1 Å². The summed E-state index contributed by atoms with van der Waals surface area (Å²) in [7, 11) is 0. The summed E-state index contributed by atoms with van der Waals surface area (Å²) in [4.78, 5) is 13.9. The normalized spacial score (nSPS) is 12.1. The highest BCUT2D eigenvalue weighted by atomic mass is 19.4. The molecule has 0 spiro atoms. The van der Waals surface area contributed by atoms with Crippen LogP contribution in [0.3, 0.4) is 0 Å². The van der Waals surface area contributed by atoms with Gasteiger partial charge in [-0.3, -0.25) is 4.79 Å². The highest BCUT2D eigenvalue weighted by molar-refractivity contribution is 6.04. The molecule has 0 saturated heterocycles. The third kappa shape index (κ3) is 7.70. The molecule has 7 heteroatoms. The number of alkyl halides is 3. The molecule has 38 heavy (non-hydrogen) atoms. The number of ether oxygens (including phenoxy) is 1. The number of amides is 1. The molecular formula is C31H30F3N2O2+. The first-order chi connectivity index (χ1) is 18.3. The van der Waals surface area contributed by atoms with E-state index in [0.29, 0.717) is 30.2 Å². The van der Waals surface area contributed by atoms with Gasteiger partial charge in [0.25, 0.3) is 5.91 Å². The van der Waals surface area contributed by atoms with E-state index in [-0.39, 0.29) is 5.91 Å². The highest BCUT2D eigenvalue weighted by Gasteiger charge is 2.30. The largest absolute Gasteiger partial charge is 0.489 e. The minimum absolute atomic E-state index is 0.213. The Bertz CT molecular complexity index is 1300. The van der Waals surface area contributed by atoms with Gasteiger partial charge in [-0.25, -0.2) is 0 Å². The van der Waals surface area contributed by atoms with Crippen molar-refractivity contribution in [3.8, 4) is 5.75 Å². The van der Waals surface area contributed by atoms with Crippen LogP contribution >= 0.6 is 0 Å². The van der Waals surface area contributed by atoms with Gasteiger partial charge in [-0.2, -0.15) is 13.2 Å². The summed E-state index contributed by atoms with van der Waals surface area (Å²) >= 11 is 0. The number of carbonyl (C=O) groups excluding carboxylic acids is 1. The Kier molecular flexibility index (Phi) is 8.81. The SMILES string of the molecule is CC[NH+](Cc1ccc(NC(=O)c2ccc(OCc3ccccc3)cc2)cc1)Cc1ccc(C(F)(F)F)cc1. The lowest BCUT2D eigenvalue weighted by Crippen LogP contribution is -3.09. The molecule has 0 aliphatic heterocycles. The zero-order chi connectivity index (χ0) is 27.0. The maximum atomic E-state index is 12.8. The summed E-state index contributed by atoms with van der Waals surface area (Å²) in [5, 5.41) is 2.91. The van der Waals surface area contributed by atoms with Crippen LogP contribution < -0.4 is 15.0 Å². The van der Waals surface area contributed by atoms with Crippen molar-refractivity contribution in [1.82, 2.24) is 0 Å². The molecule has 0 aliphatic carbocycles. The topological polar surface area (TPSA) is 42.8 Å². The van der Waals surface area contributed by atoms with Crippen molar-refractivity contribution in [3.63, 3.8) is 0 Å². The summed E-state index contributed by atoms with van der Waals surface area (Å²) in [5.74, 6) is 0.476. The molecule has 4 aromatic carbocycles. The van der Waals surface area contributed by atoms with Gasteiger partial charge in [0.2, 0.25) is 0 Å². The van der Waals surface area contributed by atoms with Crippen molar-refractivity contribution in [1.29, 1.82) is 0 Å². The average Bonchev–Trinajstić information content (AvgIpc) is 2.93. The smallest absolute Gasteiger partial charge is 0.416 e. The maximum Gasteiger partial charge on any atom is 0.416 e. The molecule has 0 radical (unpaired) electrons. The molecule has 1 atom stereocenters. The standard InChI is InChI=1S/C31H29F3N2O2/c1-2-36(20-23-8-14-27(15-9-23)31(32,33)34)21-24-10-16-28(17-11-24)35-30(37)26-12-18-29(19-13-26)38-22-25-6-4-3-5-7-25/h3-19H,2,20-22H2,1H3,(H,35,37)/p+1. The number of benzene rings is 4. The van der Waals surface area contributed by atoms with E-state index in [2.05, 4.69) is 5.32 Å². The Morgan fingerprint density at radius 3 is 1.89 bits per heavy atom. The molecular weight excluding hydrogens is 489 g/mol. The van der Waals surface area contributed by atoms with Crippen molar-refractivity contribution < 1.29 is 27.6 Å². The van der Waals surface area contributed by atoms with Gasteiger partial charge in [-0.15, -0.1) is 0 Å². The van der Waals surface area contributed by atoms with Crippen LogP contribution in [0.25, 0.3) is 0 Å². The average molecular weight is 520 g/mol. The number of carbonyl (C=O) groups is 1. The number of anilines is 1. The lowest BCUT2D eigenvalue weighted by molar-refractivity contribution is -0.925. The van der Waals surface area contributed by atoms with Crippen LogP contribution in [0.5, 0.6) is 5.75 Å². The molecule has 0 aliphatic rings. The van der Waals surface area contributed by atoms with E-state index in [1.165, 1.54) is 4.90 Å². The molecule has 0 saturated carbocycles. The van der Waals surface area contributed by atoms with E-state index in [1.54, 1.807) is 36.4 Å². The predicted molar refractivity (Wildman–Crippen MR) is 142 cm³/mol. The number of hydrogen-bond acceptors (Lipinski definition) is 2. The third-order valence-electron chi connectivity index (χ3n) is 6.27. The van der Waals surface area contributed by atoms with Crippen LogP contribution in [0, 0.1) is 0 Å². The molecule has 0 aromatic heterocycles. The summed E-state index contributed by atoms with van der Waals surface area (Å²) < 4.78 is 44.2. The summed E-state index contributed by atoms with van der Waals surface area (Å²) in [5.41, 5.74) is 3.58. The fourth-order valence-electron chi connectivity index (χ4n) is 4.05. The van der Waals surface area contributed by atoms with Crippen molar-refractivity contribution >= 4 is 11.6 Å². The second kappa shape index (κ2) is 12.4. The Morgan fingerprint density at radius 1 is 0.763 bits per heavy atom. The first-order valence-electron chi connectivity index (χ1n) is 12.5. The van der Waals surface area contributed by atoms with E-state index < -0.39 is 11.7 Å². The van der Waals surface area contributed by atoms with E-state index in [9.17, 15) is 18.0 Å². The van der Waals surface area contributed by atoms with E-state index in [0.717, 1.165) is 41.9 Å². The number of quaternary nitrogens is 1. The molecule has 0 bridgehead atoms. The van der Waals surface area contributed by atoms with E-state index in [4.69, 9.17) is 4.74 Å². The van der Waals surface area contributed by atoms with Crippen LogP contribution in [0.15, 0.2) is 103 Å². The first kappa shape index (κ1) is 26.9. The lowest BCUT2D eigenvalue weighted by Gasteiger charge is -2.18. The van der Waals surface area contributed by atoms with E-state index >= 15 is 0 Å². The van der Waals surface area contributed by atoms with Crippen molar-refractivity contribution in [2.75, 3.05) is 11.9 Å². The van der Waals surface area contributed by atoms with Gasteiger partial charge in [-0.05, 0) is 61.0 Å². The zero-order valence-corrected chi connectivity index (χ0v) is 21.1. The Hall–Kier alpha value is -4.10. The second-order valence-corrected chi connectivity index (χ2v) is 9.10.